The molecular weight excluding hydrogens is 307 g/mol. The largest absolute Gasteiger partial charge is 0.369 e. The van der Waals surface area contributed by atoms with Crippen LogP contribution in [0.4, 0.5) is 10.1 Å². The minimum atomic E-state index is -0.267. The van der Waals surface area contributed by atoms with Crippen LogP contribution in [0.15, 0.2) is 18.2 Å². The highest BCUT2D eigenvalue weighted by Gasteiger charge is 2.26. The van der Waals surface area contributed by atoms with Gasteiger partial charge in [0.1, 0.15) is 11.5 Å². The number of fused-ring (bicyclic) bond motifs is 1. The third-order valence-corrected chi connectivity index (χ3v) is 4.87. The average Bonchev–Trinajstić information content (AvgIpc) is 3.16. The van der Waals surface area contributed by atoms with E-state index in [1.54, 1.807) is 17.0 Å². The van der Waals surface area contributed by atoms with E-state index >= 15 is 0 Å². The van der Waals surface area contributed by atoms with Gasteiger partial charge in [0, 0.05) is 43.0 Å². The SMILES string of the molecule is CN1CCN(c2ccc(-c3n[nH]c4c3CN(C#N)C4)c(F)c2)CC1. The van der Waals surface area contributed by atoms with Gasteiger partial charge < -0.3 is 14.7 Å². The van der Waals surface area contributed by atoms with E-state index in [0.717, 1.165) is 43.1 Å². The third-order valence-electron chi connectivity index (χ3n) is 4.87. The predicted octanol–water partition coefficient (Wildman–Crippen LogP) is 1.76. The summed E-state index contributed by atoms with van der Waals surface area (Å²) in [6, 6.07) is 5.36. The number of anilines is 1. The van der Waals surface area contributed by atoms with E-state index in [9.17, 15) is 4.39 Å². The van der Waals surface area contributed by atoms with Crippen LogP contribution >= 0.6 is 0 Å². The van der Waals surface area contributed by atoms with Crippen LogP contribution in [0.25, 0.3) is 11.3 Å². The van der Waals surface area contributed by atoms with Gasteiger partial charge in [-0.25, -0.2) is 4.39 Å². The maximum Gasteiger partial charge on any atom is 0.180 e. The van der Waals surface area contributed by atoms with Crippen molar-refractivity contribution in [1.29, 1.82) is 5.26 Å². The number of rotatable bonds is 2. The summed E-state index contributed by atoms with van der Waals surface area (Å²) < 4.78 is 14.7. The van der Waals surface area contributed by atoms with Crippen molar-refractivity contribution in [2.24, 2.45) is 0 Å². The molecule has 4 rings (SSSR count). The number of nitrogens with one attached hydrogen (secondary N) is 1. The number of nitrogens with zero attached hydrogens (tertiary/aromatic N) is 5. The molecule has 7 heteroatoms. The summed E-state index contributed by atoms with van der Waals surface area (Å²) in [5.74, 6) is -0.267. The average molecular weight is 326 g/mol. The van der Waals surface area contributed by atoms with E-state index in [0.29, 0.717) is 24.3 Å². The quantitative estimate of drug-likeness (QED) is 0.852. The van der Waals surface area contributed by atoms with Crippen LogP contribution in [-0.2, 0) is 13.1 Å². The van der Waals surface area contributed by atoms with Gasteiger partial charge >= 0.3 is 0 Å². The molecule has 0 amide bonds. The Morgan fingerprint density at radius 2 is 2.00 bits per heavy atom. The molecule has 0 aliphatic carbocycles. The molecule has 0 bridgehead atoms. The van der Waals surface area contributed by atoms with E-state index in [1.807, 2.05) is 6.07 Å². The summed E-state index contributed by atoms with van der Waals surface area (Å²) in [5, 5.41) is 16.2. The lowest BCUT2D eigenvalue weighted by molar-refractivity contribution is 0.313. The van der Waals surface area contributed by atoms with Gasteiger partial charge in [0.05, 0.1) is 18.8 Å². The van der Waals surface area contributed by atoms with Crippen LogP contribution in [0.3, 0.4) is 0 Å². The smallest absolute Gasteiger partial charge is 0.180 e. The number of hydrogen-bond donors (Lipinski definition) is 1. The molecule has 2 aliphatic rings. The van der Waals surface area contributed by atoms with E-state index in [1.165, 1.54) is 0 Å². The molecule has 2 aromatic rings. The van der Waals surface area contributed by atoms with Crippen molar-refractivity contribution >= 4 is 5.69 Å². The molecule has 0 atom stereocenters. The lowest BCUT2D eigenvalue weighted by Gasteiger charge is -2.34. The number of nitriles is 1. The van der Waals surface area contributed by atoms with Crippen LogP contribution in [0.2, 0.25) is 0 Å². The molecule has 1 aromatic heterocycles. The molecule has 0 radical (unpaired) electrons. The second-order valence-corrected chi connectivity index (χ2v) is 6.44. The van der Waals surface area contributed by atoms with Crippen LogP contribution < -0.4 is 4.90 Å². The fourth-order valence-corrected chi connectivity index (χ4v) is 3.39. The minimum absolute atomic E-state index is 0.267. The van der Waals surface area contributed by atoms with Gasteiger partial charge in [0.15, 0.2) is 6.19 Å². The molecule has 1 N–H and O–H groups in total. The van der Waals surface area contributed by atoms with Gasteiger partial charge in [0.2, 0.25) is 0 Å². The number of hydrogen-bond acceptors (Lipinski definition) is 5. The normalized spacial score (nSPS) is 17.9. The van der Waals surface area contributed by atoms with Crippen molar-refractivity contribution in [2.45, 2.75) is 13.1 Å². The van der Waals surface area contributed by atoms with Gasteiger partial charge in [-0.2, -0.15) is 10.4 Å². The molecule has 2 aliphatic heterocycles. The first-order valence-corrected chi connectivity index (χ1v) is 8.10. The van der Waals surface area contributed by atoms with E-state index in [-0.39, 0.29) is 5.82 Å². The highest BCUT2D eigenvalue weighted by atomic mass is 19.1. The zero-order valence-corrected chi connectivity index (χ0v) is 13.6. The topological polar surface area (TPSA) is 62.2 Å². The summed E-state index contributed by atoms with van der Waals surface area (Å²) >= 11 is 0. The highest BCUT2D eigenvalue weighted by Crippen LogP contribution is 2.33. The molecule has 6 nitrogen and oxygen atoms in total. The molecular formula is C17H19FN6. The molecule has 0 saturated carbocycles. The number of aromatic nitrogens is 2. The monoisotopic (exact) mass is 326 g/mol. The number of halogens is 1. The van der Waals surface area contributed by atoms with E-state index < -0.39 is 0 Å². The molecule has 24 heavy (non-hydrogen) atoms. The molecule has 1 saturated heterocycles. The number of H-pyrrole nitrogens is 1. The Hall–Kier alpha value is -2.59. The highest BCUT2D eigenvalue weighted by molar-refractivity contribution is 5.68. The summed E-state index contributed by atoms with van der Waals surface area (Å²) in [5.41, 5.74) is 3.84. The van der Waals surface area contributed by atoms with Crippen molar-refractivity contribution < 1.29 is 4.39 Å². The first-order valence-electron chi connectivity index (χ1n) is 8.10. The molecule has 124 valence electrons. The van der Waals surface area contributed by atoms with Gasteiger partial charge in [-0.05, 0) is 25.2 Å². The third kappa shape index (κ3) is 2.49. The first kappa shape index (κ1) is 15.0. The van der Waals surface area contributed by atoms with Crippen molar-refractivity contribution in [3.8, 4) is 17.5 Å². The Balaban J connectivity index is 1.61. The fraction of sp³-hybridized carbons (Fsp3) is 0.412. The molecule has 3 heterocycles. The van der Waals surface area contributed by atoms with Crippen LogP contribution in [-0.4, -0.2) is 53.2 Å². The van der Waals surface area contributed by atoms with E-state index in [2.05, 4.69) is 33.2 Å². The second-order valence-electron chi connectivity index (χ2n) is 6.44. The molecule has 0 unspecified atom stereocenters. The summed E-state index contributed by atoms with van der Waals surface area (Å²) in [6.45, 7) is 4.78. The second kappa shape index (κ2) is 5.80. The standard InChI is InChI=1S/C17H19FN6/c1-22-4-6-24(7-5-22)12-2-3-13(15(18)8-12)17-14-9-23(11-19)10-16(14)20-21-17/h2-3,8H,4-7,9-10H2,1H3,(H,20,21). The molecule has 0 spiro atoms. The lowest BCUT2D eigenvalue weighted by atomic mass is 10.1. The fourth-order valence-electron chi connectivity index (χ4n) is 3.39. The Morgan fingerprint density at radius 3 is 2.71 bits per heavy atom. The van der Waals surface area contributed by atoms with Crippen molar-refractivity contribution in [3.05, 3.63) is 35.3 Å². The first-order chi connectivity index (χ1) is 11.7. The van der Waals surface area contributed by atoms with Crippen LogP contribution in [0, 0.1) is 17.3 Å². The van der Waals surface area contributed by atoms with Crippen LogP contribution in [0.1, 0.15) is 11.3 Å². The Morgan fingerprint density at radius 1 is 1.21 bits per heavy atom. The predicted molar refractivity (Wildman–Crippen MR) is 88.6 cm³/mol. The summed E-state index contributed by atoms with van der Waals surface area (Å²) in [4.78, 5) is 6.11. The van der Waals surface area contributed by atoms with E-state index in [4.69, 9.17) is 5.26 Å². The zero-order chi connectivity index (χ0) is 16.7. The Kier molecular flexibility index (Phi) is 3.62. The maximum atomic E-state index is 14.7. The maximum absolute atomic E-state index is 14.7. The Labute approximate surface area is 140 Å². The van der Waals surface area contributed by atoms with Gasteiger partial charge in [-0.15, -0.1) is 0 Å². The number of likely N-dealkylation sites (N-methyl/N-ethyl adjacent to an activating group) is 1. The Bertz CT molecular complexity index is 800. The van der Waals surface area contributed by atoms with Crippen molar-refractivity contribution in [3.63, 3.8) is 0 Å². The number of piperazine rings is 1. The van der Waals surface area contributed by atoms with Crippen molar-refractivity contribution in [2.75, 3.05) is 38.1 Å². The summed E-state index contributed by atoms with van der Waals surface area (Å²) in [7, 11) is 2.10. The zero-order valence-electron chi connectivity index (χ0n) is 13.6. The van der Waals surface area contributed by atoms with Gasteiger partial charge in [0.25, 0.3) is 0 Å². The number of aromatic amines is 1. The minimum Gasteiger partial charge on any atom is -0.369 e. The van der Waals surface area contributed by atoms with Crippen LogP contribution in [0.5, 0.6) is 0 Å². The van der Waals surface area contributed by atoms with Gasteiger partial charge in [-0.3, -0.25) is 5.10 Å². The molecule has 1 aromatic carbocycles. The molecule has 1 fully saturated rings. The lowest BCUT2D eigenvalue weighted by Crippen LogP contribution is -2.44. The summed E-state index contributed by atoms with van der Waals surface area (Å²) in [6.07, 6.45) is 2.13. The van der Waals surface area contributed by atoms with Gasteiger partial charge in [-0.1, -0.05) is 0 Å². The number of benzene rings is 1. The van der Waals surface area contributed by atoms with Crippen molar-refractivity contribution in [1.82, 2.24) is 20.0 Å².